The van der Waals surface area contributed by atoms with Crippen LogP contribution in [-0.2, 0) is 0 Å². The summed E-state index contributed by atoms with van der Waals surface area (Å²) < 4.78 is 0. The molecule has 4 rings (SSSR count). The number of piperidine rings is 2. The van der Waals surface area contributed by atoms with Crippen molar-refractivity contribution in [1.82, 2.24) is 9.88 Å². The van der Waals surface area contributed by atoms with Gasteiger partial charge in [-0.15, -0.1) is 11.8 Å². The second-order valence-corrected chi connectivity index (χ2v) is 8.92. The lowest BCUT2D eigenvalue weighted by Crippen LogP contribution is -2.48. The van der Waals surface area contributed by atoms with E-state index in [1.54, 1.807) is 11.8 Å². The van der Waals surface area contributed by atoms with Gasteiger partial charge in [-0.25, -0.2) is 4.98 Å². The molecule has 2 aliphatic heterocycles. The number of nitrogens with one attached hydrogen (secondary N) is 1. The number of thiophene rings is 1. The van der Waals surface area contributed by atoms with Crippen LogP contribution in [0.4, 0.5) is 5.69 Å². The highest BCUT2D eigenvalue weighted by Crippen LogP contribution is 2.35. The number of pyridine rings is 1. The van der Waals surface area contributed by atoms with Gasteiger partial charge in [-0.05, 0) is 68.3 Å². The number of fused-ring (bicyclic) bond motifs is 1. The summed E-state index contributed by atoms with van der Waals surface area (Å²) in [4.78, 5) is 19.6. The summed E-state index contributed by atoms with van der Waals surface area (Å²) in [5.74, 6) is 1.76. The molecule has 1 N–H and O–H groups in total. The topological polar surface area (TPSA) is 45.2 Å². The van der Waals surface area contributed by atoms with E-state index in [1.807, 2.05) is 35.2 Å². The van der Waals surface area contributed by atoms with Crippen molar-refractivity contribution in [3.8, 4) is 0 Å². The highest BCUT2D eigenvalue weighted by molar-refractivity contribution is 7.99. The largest absolute Gasteiger partial charge is 0.320 e. The molecule has 4 heterocycles. The maximum atomic E-state index is 12.4. The Kier molecular flexibility index (Phi) is 5.92. The Balaban J connectivity index is 1.41. The molecular weight excluding hydrogens is 362 g/mol. The Morgan fingerprint density at radius 3 is 3.08 bits per heavy atom. The number of anilines is 1. The van der Waals surface area contributed by atoms with Gasteiger partial charge in [0, 0.05) is 23.4 Å². The van der Waals surface area contributed by atoms with Gasteiger partial charge < -0.3 is 10.2 Å². The predicted molar refractivity (Wildman–Crippen MR) is 109 cm³/mol. The summed E-state index contributed by atoms with van der Waals surface area (Å²) in [6.45, 7) is 2.55. The number of carbonyl (C=O) groups is 1. The zero-order chi connectivity index (χ0) is 17.8. The molecular formula is C20H25N3OS2. The van der Waals surface area contributed by atoms with Gasteiger partial charge >= 0.3 is 0 Å². The molecule has 0 spiro atoms. The number of hydrogen-bond acceptors (Lipinski definition) is 5. The summed E-state index contributed by atoms with van der Waals surface area (Å²) in [7, 11) is 0. The molecule has 2 aliphatic rings. The number of thioether (sulfide) groups is 1. The van der Waals surface area contributed by atoms with Crippen LogP contribution in [0, 0.1) is 5.92 Å². The summed E-state index contributed by atoms with van der Waals surface area (Å²) in [6.07, 6.45) is 8.51. The quantitative estimate of drug-likeness (QED) is 0.752. The normalized spacial score (nSPS) is 23.4. The third kappa shape index (κ3) is 4.13. The number of carbonyl (C=O) groups excluding carboxylic acids is 1. The van der Waals surface area contributed by atoms with Crippen LogP contribution in [-0.4, -0.2) is 40.7 Å². The lowest BCUT2D eigenvalue weighted by atomic mass is 9.85. The van der Waals surface area contributed by atoms with E-state index in [4.69, 9.17) is 0 Å². The molecule has 0 radical (unpaired) electrons. The molecule has 4 nitrogen and oxygen atoms in total. The van der Waals surface area contributed by atoms with Crippen molar-refractivity contribution < 1.29 is 4.79 Å². The van der Waals surface area contributed by atoms with E-state index >= 15 is 0 Å². The predicted octanol–water partition coefficient (Wildman–Crippen LogP) is 4.75. The lowest BCUT2D eigenvalue weighted by Gasteiger charge is -2.44. The van der Waals surface area contributed by atoms with Gasteiger partial charge in [-0.3, -0.25) is 4.79 Å². The number of rotatable bonds is 5. The first-order valence-corrected chi connectivity index (χ1v) is 11.4. The molecule has 26 heavy (non-hydrogen) atoms. The van der Waals surface area contributed by atoms with Crippen LogP contribution in [0.2, 0.25) is 0 Å². The maximum absolute atomic E-state index is 12.4. The van der Waals surface area contributed by atoms with Gasteiger partial charge in [0.15, 0.2) is 0 Å². The minimum Gasteiger partial charge on any atom is -0.320 e. The molecule has 6 heteroatoms. The van der Waals surface area contributed by atoms with Gasteiger partial charge in [0.2, 0.25) is 0 Å². The van der Waals surface area contributed by atoms with Crippen molar-refractivity contribution in [2.45, 2.75) is 43.2 Å². The Labute approximate surface area is 163 Å². The molecule has 0 aromatic carbocycles. The van der Waals surface area contributed by atoms with Crippen molar-refractivity contribution in [3.63, 3.8) is 0 Å². The van der Waals surface area contributed by atoms with E-state index in [0.717, 1.165) is 28.4 Å². The van der Waals surface area contributed by atoms with E-state index in [1.165, 1.54) is 56.5 Å². The smallest absolute Gasteiger partial charge is 0.256 e. The molecule has 0 aliphatic carbocycles. The second-order valence-electron chi connectivity index (χ2n) is 7.13. The van der Waals surface area contributed by atoms with Crippen molar-refractivity contribution in [2.75, 3.05) is 24.2 Å². The maximum Gasteiger partial charge on any atom is 0.256 e. The van der Waals surface area contributed by atoms with Crippen LogP contribution in [0.25, 0.3) is 0 Å². The van der Waals surface area contributed by atoms with Gasteiger partial charge in [-0.2, -0.15) is 11.3 Å². The van der Waals surface area contributed by atoms with E-state index in [0.29, 0.717) is 5.56 Å². The van der Waals surface area contributed by atoms with Crippen LogP contribution in [0.15, 0.2) is 40.2 Å². The Bertz CT molecular complexity index is 732. The summed E-state index contributed by atoms with van der Waals surface area (Å²) in [5, 5.41) is 7.76. The fourth-order valence-corrected chi connectivity index (χ4v) is 5.95. The Morgan fingerprint density at radius 1 is 1.27 bits per heavy atom. The fraction of sp³-hybridized carbons (Fsp3) is 0.500. The molecule has 2 unspecified atom stereocenters. The third-order valence-electron chi connectivity index (χ3n) is 5.47. The standard InChI is InChI=1S/C20H25N3OS2/c24-19(16-8-12-25-13-16)22-17-6-3-9-21-20(17)26-14-15-5-4-11-23-10-2-1-7-18(15)23/h3,6,8-9,12-13,15,18H,1-2,4-5,7,10-11,14H2,(H,22,24). The lowest BCUT2D eigenvalue weighted by molar-refractivity contribution is 0.0693. The Hall–Kier alpha value is -1.37. The van der Waals surface area contributed by atoms with Crippen LogP contribution in [0.1, 0.15) is 42.5 Å². The van der Waals surface area contributed by atoms with Crippen LogP contribution < -0.4 is 5.32 Å². The van der Waals surface area contributed by atoms with Crippen LogP contribution >= 0.6 is 23.1 Å². The zero-order valence-corrected chi connectivity index (χ0v) is 16.5. The van der Waals surface area contributed by atoms with Gasteiger partial charge in [0.1, 0.15) is 5.03 Å². The highest BCUT2D eigenvalue weighted by atomic mass is 32.2. The van der Waals surface area contributed by atoms with Crippen molar-refractivity contribution in [3.05, 3.63) is 40.7 Å². The third-order valence-corrected chi connectivity index (χ3v) is 7.34. The molecule has 2 fully saturated rings. The first kappa shape index (κ1) is 18.0. The number of aromatic nitrogens is 1. The monoisotopic (exact) mass is 387 g/mol. The average Bonchev–Trinajstić information content (AvgIpc) is 3.22. The number of amides is 1. The fourth-order valence-electron chi connectivity index (χ4n) is 4.15. The molecule has 2 aromatic heterocycles. The van der Waals surface area contributed by atoms with Gasteiger partial charge in [-0.1, -0.05) is 6.42 Å². The van der Waals surface area contributed by atoms with Crippen LogP contribution in [0.5, 0.6) is 0 Å². The first-order chi connectivity index (χ1) is 12.8. The van der Waals surface area contributed by atoms with E-state index in [9.17, 15) is 4.79 Å². The number of nitrogens with zero attached hydrogens (tertiary/aromatic N) is 2. The molecule has 138 valence electrons. The summed E-state index contributed by atoms with van der Waals surface area (Å²) >= 11 is 3.33. The second kappa shape index (κ2) is 8.55. The zero-order valence-electron chi connectivity index (χ0n) is 14.9. The molecule has 2 aromatic rings. The van der Waals surface area contributed by atoms with Crippen molar-refractivity contribution in [1.29, 1.82) is 0 Å². The minimum absolute atomic E-state index is 0.0581. The summed E-state index contributed by atoms with van der Waals surface area (Å²) in [5.41, 5.74) is 1.53. The van der Waals surface area contributed by atoms with E-state index in [2.05, 4.69) is 15.2 Å². The molecule has 0 saturated carbocycles. The van der Waals surface area contributed by atoms with E-state index in [-0.39, 0.29) is 5.91 Å². The highest BCUT2D eigenvalue weighted by Gasteiger charge is 2.33. The Morgan fingerprint density at radius 2 is 2.19 bits per heavy atom. The van der Waals surface area contributed by atoms with Crippen LogP contribution in [0.3, 0.4) is 0 Å². The average molecular weight is 388 g/mol. The summed E-state index contributed by atoms with van der Waals surface area (Å²) in [6, 6.07) is 6.44. The molecule has 1 amide bonds. The SMILES string of the molecule is O=C(Nc1cccnc1SCC1CCCN2CCCCC12)c1ccsc1. The molecule has 2 atom stereocenters. The van der Waals surface area contributed by atoms with E-state index < -0.39 is 0 Å². The molecule has 2 saturated heterocycles. The van der Waals surface area contributed by atoms with Gasteiger partial charge in [0.25, 0.3) is 5.91 Å². The van der Waals surface area contributed by atoms with Crippen molar-refractivity contribution in [2.24, 2.45) is 5.92 Å². The first-order valence-electron chi connectivity index (χ1n) is 9.46. The molecule has 0 bridgehead atoms. The minimum atomic E-state index is -0.0581. The number of hydrogen-bond donors (Lipinski definition) is 1. The van der Waals surface area contributed by atoms with Crippen molar-refractivity contribution >= 4 is 34.7 Å². The van der Waals surface area contributed by atoms with Gasteiger partial charge in [0.05, 0.1) is 11.3 Å².